The summed E-state index contributed by atoms with van der Waals surface area (Å²) in [5.74, 6) is 0.149. The van der Waals surface area contributed by atoms with Crippen LogP contribution in [0, 0.1) is 12.8 Å². The van der Waals surface area contributed by atoms with Crippen molar-refractivity contribution in [3.05, 3.63) is 58.6 Å². The van der Waals surface area contributed by atoms with Crippen LogP contribution < -0.4 is 5.32 Å². The minimum Gasteiger partial charge on any atom is -0.321 e. The Hall–Kier alpha value is -1.89. The van der Waals surface area contributed by atoms with E-state index in [0.29, 0.717) is 40.8 Å². The van der Waals surface area contributed by atoms with E-state index in [-0.39, 0.29) is 10.8 Å². The number of nitrogens with zero attached hydrogens (tertiary/aromatic N) is 1. The number of carbonyl (C=O) groups is 1. The molecule has 7 heteroatoms. The summed E-state index contributed by atoms with van der Waals surface area (Å²) in [5, 5.41) is 3.18. The lowest BCUT2D eigenvalue weighted by Crippen LogP contribution is -2.38. The van der Waals surface area contributed by atoms with Gasteiger partial charge in [-0.1, -0.05) is 36.7 Å². The Morgan fingerprint density at radius 1 is 1.15 bits per heavy atom. The quantitative estimate of drug-likeness (QED) is 0.822. The van der Waals surface area contributed by atoms with E-state index in [2.05, 4.69) is 12.2 Å². The second kappa shape index (κ2) is 8.00. The molecule has 27 heavy (non-hydrogen) atoms. The highest BCUT2D eigenvalue weighted by Gasteiger charge is 2.29. The number of piperidine rings is 1. The zero-order chi connectivity index (χ0) is 19.6. The highest BCUT2D eigenvalue weighted by molar-refractivity contribution is 7.89. The van der Waals surface area contributed by atoms with Gasteiger partial charge in [-0.05, 0) is 55.5 Å². The van der Waals surface area contributed by atoms with E-state index >= 15 is 0 Å². The molecule has 2 aromatic carbocycles. The Morgan fingerprint density at radius 3 is 2.48 bits per heavy atom. The average molecular weight is 407 g/mol. The predicted octanol–water partition coefficient (Wildman–Crippen LogP) is 4.32. The number of halogens is 1. The van der Waals surface area contributed by atoms with Gasteiger partial charge in [-0.25, -0.2) is 8.42 Å². The number of rotatable bonds is 4. The van der Waals surface area contributed by atoms with Crippen molar-refractivity contribution in [2.45, 2.75) is 31.6 Å². The maximum absolute atomic E-state index is 13.0. The molecule has 1 aliphatic heterocycles. The van der Waals surface area contributed by atoms with Crippen LogP contribution in [0.3, 0.4) is 0 Å². The Kier molecular flexibility index (Phi) is 5.89. The van der Waals surface area contributed by atoms with Gasteiger partial charge in [0.2, 0.25) is 10.0 Å². The van der Waals surface area contributed by atoms with Gasteiger partial charge in [-0.3, -0.25) is 4.79 Å². The van der Waals surface area contributed by atoms with Gasteiger partial charge in [0.15, 0.2) is 0 Å². The molecule has 0 atom stereocenters. The lowest BCUT2D eigenvalue weighted by Gasteiger charge is -2.29. The van der Waals surface area contributed by atoms with Crippen molar-refractivity contribution in [3.8, 4) is 0 Å². The topological polar surface area (TPSA) is 66.5 Å². The molecule has 1 aliphatic rings. The van der Waals surface area contributed by atoms with Crippen molar-refractivity contribution in [2.24, 2.45) is 5.92 Å². The number of carbonyl (C=O) groups excluding carboxylic acids is 1. The molecule has 0 aromatic heterocycles. The molecular formula is C20H23ClN2O3S. The molecule has 1 amide bonds. The van der Waals surface area contributed by atoms with E-state index < -0.39 is 10.0 Å². The molecule has 0 unspecified atom stereocenters. The first-order valence-electron chi connectivity index (χ1n) is 8.95. The van der Waals surface area contributed by atoms with E-state index in [0.717, 1.165) is 12.8 Å². The van der Waals surface area contributed by atoms with Gasteiger partial charge in [0, 0.05) is 18.7 Å². The van der Waals surface area contributed by atoms with Crippen LogP contribution in [-0.2, 0) is 10.0 Å². The number of para-hydroxylation sites is 1. The monoisotopic (exact) mass is 406 g/mol. The van der Waals surface area contributed by atoms with Crippen molar-refractivity contribution in [3.63, 3.8) is 0 Å². The summed E-state index contributed by atoms with van der Waals surface area (Å²) < 4.78 is 27.4. The fraction of sp³-hybridized carbons (Fsp3) is 0.350. The van der Waals surface area contributed by atoms with Crippen LogP contribution in [0.2, 0.25) is 5.02 Å². The summed E-state index contributed by atoms with van der Waals surface area (Å²) in [5.41, 5.74) is 1.51. The zero-order valence-corrected chi connectivity index (χ0v) is 17.0. The van der Waals surface area contributed by atoms with Crippen LogP contribution in [0.5, 0.6) is 0 Å². The minimum absolute atomic E-state index is 0.145. The number of hydrogen-bond acceptors (Lipinski definition) is 3. The molecule has 0 spiro atoms. The number of sulfonamides is 1. The molecule has 1 saturated heterocycles. The molecular weight excluding hydrogens is 384 g/mol. The van der Waals surface area contributed by atoms with Gasteiger partial charge >= 0.3 is 0 Å². The lowest BCUT2D eigenvalue weighted by molar-refractivity contribution is 0.102. The lowest BCUT2D eigenvalue weighted by atomic mass is 10.0. The van der Waals surface area contributed by atoms with Crippen LogP contribution >= 0.6 is 11.6 Å². The molecule has 3 rings (SSSR count). The smallest absolute Gasteiger partial charge is 0.256 e. The van der Waals surface area contributed by atoms with Gasteiger partial charge in [0.05, 0.1) is 15.6 Å². The van der Waals surface area contributed by atoms with Crippen molar-refractivity contribution >= 4 is 33.2 Å². The third-order valence-electron chi connectivity index (χ3n) is 4.96. The van der Waals surface area contributed by atoms with Crippen molar-refractivity contribution < 1.29 is 13.2 Å². The van der Waals surface area contributed by atoms with E-state index in [1.54, 1.807) is 43.3 Å². The highest BCUT2D eigenvalue weighted by Crippen LogP contribution is 2.26. The number of anilines is 1. The molecule has 1 N–H and O–H groups in total. The summed E-state index contributed by atoms with van der Waals surface area (Å²) in [6.45, 7) is 4.94. The van der Waals surface area contributed by atoms with Crippen LogP contribution in [-0.4, -0.2) is 31.7 Å². The fourth-order valence-corrected chi connectivity index (χ4v) is 4.81. The van der Waals surface area contributed by atoms with Crippen molar-refractivity contribution in [2.75, 3.05) is 18.4 Å². The second-order valence-electron chi connectivity index (χ2n) is 7.00. The Morgan fingerprint density at radius 2 is 1.81 bits per heavy atom. The number of amides is 1. The first kappa shape index (κ1) is 19.9. The van der Waals surface area contributed by atoms with E-state index in [9.17, 15) is 13.2 Å². The first-order valence-corrected chi connectivity index (χ1v) is 10.8. The van der Waals surface area contributed by atoms with Crippen LogP contribution in [0.15, 0.2) is 47.4 Å². The first-order chi connectivity index (χ1) is 12.8. The number of hydrogen-bond donors (Lipinski definition) is 1. The maximum Gasteiger partial charge on any atom is 0.256 e. The van der Waals surface area contributed by atoms with E-state index in [1.165, 1.54) is 10.4 Å². The summed E-state index contributed by atoms with van der Waals surface area (Å²) in [7, 11) is -3.61. The van der Waals surface area contributed by atoms with Gasteiger partial charge in [-0.2, -0.15) is 4.31 Å². The van der Waals surface area contributed by atoms with Crippen LogP contribution in [0.1, 0.15) is 35.7 Å². The number of benzene rings is 2. The largest absolute Gasteiger partial charge is 0.321 e. The number of nitrogens with one attached hydrogen (secondary N) is 1. The van der Waals surface area contributed by atoms with Crippen molar-refractivity contribution in [1.29, 1.82) is 0 Å². The maximum atomic E-state index is 13.0. The minimum atomic E-state index is -3.61. The van der Waals surface area contributed by atoms with Gasteiger partial charge in [0.1, 0.15) is 0 Å². The second-order valence-corrected chi connectivity index (χ2v) is 9.34. The molecule has 0 aliphatic carbocycles. The molecule has 2 aromatic rings. The van der Waals surface area contributed by atoms with Gasteiger partial charge < -0.3 is 5.32 Å². The summed E-state index contributed by atoms with van der Waals surface area (Å²) >= 11 is 6.10. The fourth-order valence-electron chi connectivity index (χ4n) is 3.13. The molecule has 5 nitrogen and oxygen atoms in total. The standard InChI is InChI=1S/C20H23ClN2O3S/c1-14-9-11-23(12-10-14)27(25,26)16-8-7-15(2)17(13-16)20(24)22-19-6-4-3-5-18(19)21/h3-8,13-14H,9-12H2,1-2H3,(H,22,24). The summed E-state index contributed by atoms with van der Waals surface area (Å²) in [6, 6.07) is 11.6. The average Bonchev–Trinajstić information content (AvgIpc) is 2.64. The van der Waals surface area contributed by atoms with Crippen LogP contribution in [0.4, 0.5) is 5.69 Å². The summed E-state index contributed by atoms with van der Waals surface area (Å²) in [4.78, 5) is 12.9. The molecule has 1 heterocycles. The molecule has 1 fully saturated rings. The molecule has 0 saturated carbocycles. The highest BCUT2D eigenvalue weighted by atomic mass is 35.5. The third kappa shape index (κ3) is 4.34. The van der Waals surface area contributed by atoms with E-state index in [4.69, 9.17) is 11.6 Å². The zero-order valence-electron chi connectivity index (χ0n) is 15.4. The van der Waals surface area contributed by atoms with Gasteiger partial charge in [-0.15, -0.1) is 0 Å². The van der Waals surface area contributed by atoms with Crippen molar-refractivity contribution in [1.82, 2.24) is 4.31 Å². The van der Waals surface area contributed by atoms with Crippen LogP contribution in [0.25, 0.3) is 0 Å². The molecule has 0 radical (unpaired) electrons. The van der Waals surface area contributed by atoms with Gasteiger partial charge in [0.25, 0.3) is 5.91 Å². The number of aryl methyl sites for hydroxylation is 1. The Labute approximate surface area is 165 Å². The molecule has 0 bridgehead atoms. The SMILES string of the molecule is Cc1ccc(S(=O)(=O)N2CCC(C)CC2)cc1C(=O)Nc1ccccc1Cl. The Bertz CT molecular complexity index is 951. The molecule has 144 valence electrons. The Balaban J connectivity index is 1.88. The normalized spacial score (nSPS) is 16.3. The third-order valence-corrected chi connectivity index (χ3v) is 7.18. The predicted molar refractivity (Wildman–Crippen MR) is 108 cm³/mol. The summed E-state index contributed by atoms with van der Waals surface area (Å²) in [6.07, 6.45) is 1.70. The van der Waals surface area contributed by atoms with E-state index in [1.807, 2.05) is 0 Å².